The summed E-state index contributed by atoms with van der Waals surface area (Å²) in [6.45, 7) is 4.32. The largest absolute Gasteiger partial charge is 0.397 e. The van der Waals surface area contributed by atoms with Crippen molar-refractivity contribution in [1.82, 2.24) is 4.90 Å². The summed E-state index contributed by atoms with van der Waals surface area (Å²) in [7, 11) is 0. The molecule has 96 valence electrons. The molecule has 0 atom stereocenters. The van der Waals surface area contributed by atoms with Crippen LogP contribution in [0, 0.1) is 11.3 Å². The molecule has 18 heavy (non-hydrogen) atoms. The third-order valence-corrected chi connectivity index (χ3v) is 3.37. The number of nitriles is 1. The van der Waals surface area contributed by atoms with Crippen LogP contribution in [-0.2, 0) is 0 Å². The number of benzene rings is 1. The Labute approximate surface area is 108 Å². The molecule has 0 aliphatic carbocycles. The van der Waals surface area contributed by atoms with E-state index in [1.165, 1.54) is 32.4 Å². The minimum atomic E-state index is 0.643. The summed E-state index contributed by atoms with van der Waals surface area (Å²) in [5.74, 6) is 0. The van der Waals surface area contributed by atoms with Crippen LogP contribution in [0.5, 0.6) is 0 Å². The number of nitrogen functional groups attached to an aromatic ring is 1. The maximum Gasteiger partial charge on any atom is 0.0992 e. The van der Waals surface area contributed by atoms with Crippen LogP contribution in [0.1, 0.15) is 24.8 Å². The summed E-state index contributed by atoms with van der Waals surface area (Å²) >= 11 is 0. The lowest BCUT2D eigenvalue weighted by atomic mass is 10.1. The van der Waals surface area contributed by atoms with E-state index >= 15 is 0 Å². The molecular formula is C14H20N4. The van der Waals surface area contributed by atoms with Gasteiger partial charge in [0.1, 0.15) is 0 Å². The summed E-state index contributed by atoms with van der Waals surface area (Å²) < 4.78 is 0. The zero-order valence-electron chi connectivity index (χ0n) is 10.7. The third kappa shape index (κ3) is 3.38. The number of nitrogens with zero attached hydrogens (tertiary/aromatic N) is 2. The first kappa shape index (κ1) is 12.7. The predicted octanol–water partition coefficient (Wildman–Crippen LogP) is 2.04. The molecule has 0 saturated carbocycles. The van der Waals surface area contributed by atoms with Gasteiger partial charge in [0, 0.05) is 13.1 Å². The maximum atomic E-state index is 8.86. The molecule has 1 aromatic carbocycles. The molecule has 0 unspecified atom stereocenters. The van der Waals surface area contributed by atoms with E-state index in [1.807, 2.05) is 6.07 Å². The molecule has 0 amide bonds. The van der Waals surface area contributed by atoms with Crippen LogP contribution in [-0.4, -0.2) is 31.1 Å². The highest BCUT2D eigenvalue weighted by Crippen LogP contribution is 2.19. The molecule has 3 N–H and O–H groups in total. The molecule has 1 aliphatic heterocycles. The number of nitrogens with one attached hydrogen (secondary N) is 1. The van der Waals surface area contributed by atoms with Crippen molar-refractivity contribution in [2.24, 2.45) is 0 Å². The molecule has 0 radical (unpaired) electrons. The Balaban J connectivity index is 1.84. The molecule has 1 aliphatic rings. The SMILES string of the molecule is N#Cc1ccc(N)c(NCCN2CCCCC2)c1. The second-order valence-electron chi connectivity index (χ2n) is 4.74. The van der Waals surface area contributed by atoms with Crippen LogP contribution in [0.25, 0.3) is 0 Å². The van der Waals surface area contributed by atoms with E-state index < -0.39 is 0 Å². The van der Waals surface area contributed by atoms with Gasteiger partial charge in [-0.3, -0.25) is 0 Å². The van der Waals surface area contributed by atoms with Gasteiger partial charge in [-0.2, -0.15) is 5.26 Å². The fourth-order valence-electron chi connectivity index (χ4n) is 2.31. The Bertz CT molecular complexity index is 430. The van der Waals surface area contributed by atoms with E-state index in [-0.39, 0.29) is 0 Å². The lowest BCUT2D eigenvalue weighted by Crippen LogP contribution is -2.33. The Morgan fingerprint density at radius 3 is 2.78 bits per heavy atom. The molecule has 1 aromatic rings. The first-order chi connectivity index (χ1) is 8.79. The van der Waals surface area contributed by atoms with Gasteiger partial charge in [-0.05, 0) is 44.1 Å². The van der Waals surface area contributed by atoms with Gasteiger partial charge in [0.05, 0.1) is 23.0 Å². The average molecular weight is 244 g/mol. The van der Waals surface area contributed by atoms with Crippen molar-refractivity contribution in [2.45, 2.75) is 19.3 Å². The zero-order chi connectivity index (χ0) is 12.8. The summed E-state index contributed by atoms with van der Waals surface area (Å²) in [6.07, 6.45) is 3.99. The topological polar surface area (TPSA) is 65.1 Å². The standard InChI is InChI=1S/C14H20N4/c15-11-12-4-5-13(16)14(10-12)17-6-9-18-7-2-1-3-8-18/h4-5,10,17H,1-3,6-9,16H2. The number of anilines is 2. The first-order valence-electron chi connectivity index (χ1n) is 6.55. The highest BCUT2D eigenvalue weighted by Gasteiger charge is 2.09. The minimum absolute atomic E-state index is 0.643. The number of nitrogens with two attached hydrogens (primary N) is 1. The quantitative estimate of drug-likeness (QED) is 0.795. The monoisotopic (exact) mass is 244 g/mol. The normalized spacial score (nSPS) is 16.2. The Hall–Kier alpha value is -1.73. The van der Waals surface area contributed by atoms with E-state index in [0.29, 0.717) is 11.3 Å². The Morgan fingerprint density at radius 1 is 1.28 bits per heavy atom. The van der Waals surface area contributed by atoms with E-state index in [1.54, 1.807) is 12.1 Å². The second kappa shape index (κ2) is 6.27. The highest BCUT2D eigenvalue weighted by atomic mass is 15.1. The van der Waals surface area contributed by atoms with Crippen LogP contribution in [0.2, 0.25) is 0 Å². The van der Waals surface area contributed by atoms with Gasteiger partial charge < -0.3 is 16.0 Å². The summed E-state index contributed by atoms with van der Waals surface area (Å²) in [4.78, 5) is 2.47. The lowest BCUT2D eigenvalue weighted by Gasteiger charge is -2.26. The molecule has 1 fully saturated rings. The van der Waals surface area contributed by atoms with Crippen molar-refractivity contribution in [1.29, 1.82) is 5.26 Å². The van der Waals surface area contributed by atoms with Crippen molar-refractivity contribution in [2.75, 3.05) is 37.2 Å². The molecule has 2 rings (SSSR count). The van der Waals surface area contributed by atoms with Crippen molar-refractivity contribution < 1.29 is 0 Å². The zero-order valence-corrected chi connectivity index (χ0v) is 10.7. The van der Waals surface area contributed by atoms with Gasteiger partial charge in [-0.1, -0.05) is 6.42 Å². The molecule has 1 saturated heterocycles. The van der Waals surface area contributed by atoms with Gasteiger partial charge in [0.2, 0.25) is 0 Å². The lowest BCUT2D eigenvalue weighted by molar-refractivity contribution is 0.237. The van der Waals surface area contributed by atoms with Crippen molar-refractivity contribution in [3.63, 3.8) is 0 Å². The fraction of sp³-hybridized carbons (Fsp3) is 0.500. The van der Waals surface area contributed by atoms with Gasteiger partial charge in [0.15, 0.2) is 0 Å². The van der Waals surface area contributed by atoms with Gasteiger partial charge in [-0.25, -0.2) is 0 Å². The maximum absolute atomic E-state index is 8.86. The molecular weight excluding hydrogens is 224 g/mol. The van der Waals surface area contributed by atoms with Crippen molar-refractivity contribution in [3.8, 4) is 6.07 Å². The molecule has 4 heteroatoms. The number of rotatable bonds is 4. The van der Waals surface area contributed by atoms with Crippen LogP contribution in [0.3, 0.4) is 0 Å². The van der Waals surface area contributed by atoms with Crippen LogP contribution < -0.4 is 11.1 Å². The van der Waals surface area contributed by atoms with E-state index in [0.717, 1.165) is 18.8 Å². The van der Waals surface area contributed by atoms with E-state index in [4.69, 9.17) is 11.0 Å². The van der Waals surface area contributed by atoms with Gasteiger partial charge in [-0.15, -0.1) is 0 Å². The van der Waals surface area contributed by atoms with Crippen molar-refractivity contribution >= 4 is 11.4 Å². The smallest absolute Gasteiger partial charge is 0.0992 e. The van der Waals surface area contributed by atoms with E-state index in [9.17, 15) is 0 Å². The second-order valence-corrected chi connectivity index (χ2v) is 4.74. The number of hydrogen-bond acceptors (Lipinski definition) is 4. The Kier molecular flexibility index (Phi) is 4.43. The molecule has 1 heterocycles. The summed E-state index contributed by atoms with van der Waals surface area (Å²) in [5, 5.41) is 12.2. The third-order valence-electron chi connectivity index (χ3n) is 3.37. The molecule has 4 nitrogen and oxygen atoms in total. The van der Waals surface area contributed by atoms with E-state index in [2.05, 4.69) is 16.3 Å². The minimum Gasteiger partial charge on any atom is -0.397 e. The first-order valence-corrected chi connectivity index (χ1v) is 6.55. The Morgan fingerprint density at radius 2 is 2.06 bits per heavy atom. The number of likely N-dealkylation sites (tertiary alicyclic amines) is 1. The van der Waals surface area contributed by atoms with Gasteiger partial charge in [0.25, 0.3) is 0 Å². The summed E-state index contributed by atoms with van der Waals surface area (Å²) in [5.41, 5.74) is 8.09. The fourth-order valence-corrected chi connectivity index (χ4v) is 2.31. The molecule has 0 spiro atoms. The molecule has 0 aromatic heterocycles. The van der Waals surface area contributed by atoms with Crippen molar-refractivity contribution in [3.05, 3.63) is 23.8 Å². The van der Waals surface area contributed by atoms with Gasteiger partial charge >= 0.3 is 0 Å². The number of piperidine rings is 1. The highest BCUT2D eigenvalue weighted by molar-refractivity contribution is 5.68. The average Bonchev–Trinajstić information content (AvgIpc) is 2.42. The summed E-state index contributed by atoms with van der Waals surface area (Å²) in [6, 6.07) is 7.46. The van der Waals surface area contributed by atoms with Crippen LogP contribution in [0.15, 0.2) is 18.2 Å². The van der Waals surface area contributed by atoms with Crippen LogP contribution >= 0.6 is 0 Å². The number of hydrogen-bond donors (Lipinski definition) is 2. The molecule has 0 bridgehead atoms. The predicted molar refractivity (Wildman–Crippen MR) is 74.4 cm³/mol. The van der Waals surface area contributed by atoms with Crippen LogP contribution in [0.4, 0.5) is 11.4 Å².